The van der Waals surface area contributed by atoms with Crippen LogP contribution in [-0.4, -0.2) is 51.4 Å². The highest BCUT2D eigenvalue weighted by atomic mass is 16.5. The van der Waals surface area contributed by atoms with E-state index in [1.165, 1.54) is 5.56 Å². The number of imidazole rings is 1. The van der Waals surface area contributed by atoms with Crippen LogP contribution in [0, 0.1) is 11.8 Å². The molecule has 0 radical (unpaired) electrons. The summed E-state index contributed by atoms with van der Waals surface area (Å²) >= 11 is 0. The molecule has 2 aliphatic rings. The minimum atomic E-state index is -0.384. The van der Waals surface area contributed by atoms with E-state index in [1.807, 2.05) is 12.3 Å². The molecule has 1 aromatic heterocycles. The number of aryl methyl sites for hydroxylation is 1. The fourth-order valence-corrected chi connectivity index (χ4v) is 5.11. The molecule has 1 aliphatic carbocycles. The van der Waals surface area contributed by atoms with Crippen molar-refractivity contribution < 1.29 is 9.84 Å². The molecule has 1 saturated heterocycles. The van der Waals surface area contributed by atoms with Gasteiger partial charge in [-0.05, 0) is 47.8 Å². The van der Waals surface area contributed by atoms with E-state index in [4.69, 9.17) is 4.74 Å². The number of hydrogen-bond donors (Lipinski definition) is 1. The van der Waals surface area contributed by atoms with E-state index in [1.54, 1.807) is 0 Å². The highest BCUT2D eigenvalue weighted by Crippen LogP contribution is 2.38. The number of nitrogens with zero attached hydrogens (tertiary/aromatic N) is 3. The SMILES string of the molecule is CCc1nccn1CCN1C[C@H]2C[C@@H](Oc3cccc(C(C)(C)C)c3)[C@H](O)C[C@H]2C1. The second kappa shape index (κ2) is 8.72. The van der Waals surface area contributed by atoms with Gasteiger partial charge in [-0.1, -0.05) is 39.8 Å². The zero-order valence-electron chi connectivity index (χ0n) is 18.9. The van der Waals surface area contributed by atoms with Crippen molar-refractivity contribution in [1.29, 1.82) is 0 Å². The maximum Gasteiger partial charge on any atom is 0.125 e. The largest absolute Gasteiger partial charge is 0.488 e. The van der Waals surface area contributed by atoms with Crippen LogP contribution in [-0.2, 0) is 18.4 Å². The summed E-state index contributed by atoms with van der Waals surface area (Å²) in [6.45, 7) is 13.0. The molecule has 0 bridgehead atoms. The zero-order valence-corrected chi connectivity index (χ0v) is 18.9. The molecule has 164 valence electrons. The average Bonchev–Trinajstić information content (AvgIpc) is 3.32. The molecule has 5 nitrogen and oxygen atoms in total. The van der Waals surface area contributed by atoms with Crippen LogP contribution in [0.5, 0.6) is 5.75 Å². The van der Waals surface area contributed by atoms with Crippen molar-refractivity contribution >= 4 is 0 Å². The molecule has 0 spiro atoms. The summed E-state index contributed by atoms with van der Waals surface area (Å²) in [5, 5.41) is 10.8. The van der Waals surface area contributed by atoms with E-state index < -0.39 is 0 Å². The van der Waals surface area contributed by atoms with Crippen molar-refractivity contribution in [3.63, 3.8) is 0 Å². The number of likely N-dealkylation sites (tertiary alicyclic amines) is 1. The number of rotatable bonds is 6. The van der Waals surface area contributed by atoms with Crippen molar-refractivity contribution in [2.75, 3.05) is 19.6 Å². The predicted octanol–water partition coefficient (Wildman–Crippen LogP) is 3.89. The summed E-state index contributed by atoms with van der Waals surface area (Å²) < 4.78 is 8.58. The standard InChI is InChI=1S/C25H37N3O2/c1-5-24-26-9-10-28(24)12-11-27-16-18-13-22(29)23(14-19(18)17-27)30-21-8-6-7-20(15-21)25(2,3)4/h6-10,15,18-19,22-23,29H,5,11-14,16-17H2,1-4H3/t18-,19+,22+,23+/m0/s1. The Morgan fingerprint density at radius 3 is 2.63 bits per heavy atom. The summed E-state index contributed by atoms with van der Waals surface area (Å²) in [5.74, 6) is 3.23. The number of hydrogen-bond acceptors (Lipinski definition) is 4. The van der Waals surface area contributed by atoms with Gasteiger partial charge in [-0.15, -0.1) is 0 Å². The number of benzene rings is 1. The van der Waals surface area contributed by atoms with Crippen LogP contribution in [0.15, 0.2) is 36.7 Å². The third-order valence-electron chi connectivity index (χ3n) is 6.92. The van der Waals surface area contributed by atoms with Gasteiger partial charge in [0.05, 0.1) is 6.10 Å². The molecule has 4 rings (SSSR count). The Balaban J connectivity index is 1.34. The Hall–Kier alpha value is -1.85. The molecule has 2 aromatic rings. The van der Waals surface area contributed by atoms with Crippen LogP contribution in [0.25, 0.3) is 0 Å². The van der Waals surface area contributed by atoms with E-state index in [0.717, 1.165) is 57.0 Å². The summed E-state index contributed by atoms with van der Waals surface area (Å²) in [4.78, 5) is 6.99. The highest BCUT2D eigenvalue weighted by molar-refractivity contribution is 5.32. The van der Waals surface area contributed by atoms with Crippen molar-refractivity contribution in [2.24, 2.45) is 11.8 Å². The first-order chi connectivity index (χ1) is 14.3. The molecule has 2 fully saturated rings. The molecule has 30 heavy (non-hydrogen) atoms. The Bertz CT molecular complexity index is 841. The van der Waals surface area contributed by atoms with Crippen LogP contribution >= 0.6 is 0 Å². The van der Waals surface area contributed by atoms with Crippen LogP contribution < -0.4 is 4.74 Å². The molecular formula is C25H37N3O2. The number of aliphatic hydroxyl groups excluding tert-OH is 1. The van der Waals surface area contributed by atoms with Crippen LogP contribution in [0.1, 0.15) is 51.9 Å². The Labute approximate surface area is 181 Å². The second-order valence-electron chi connectivity index (χ2n) is 10.1. The molecule has 4 atom stereocenters. The summed E-state index contributed by atoms with van der Waals surface area (Å²) in [6.07, 6.45) is 6.24. The number of ether oxygens (including phenoxy) is 1. The quantitative estimate of drug-likeness (QED) is 0.783. The zero-order chi connectivity index (χ0) is 21.3. The molecular weight excluding hydrogens is 374 g/mol. The number of aliphatic hydroxyl groups is 1. The number of aromatic nitrogens is 2. The monoisotopic (exact) mass is 411 g/mol. The molecule has 1 aromatic carbocycles. The Kier molecular flexibility index (Phi) is 6.21. The van der Waals surface area contributed by atoms with E-state index in [2.05, 4.69) is 66.5 Å². The highest BCUT2D eigenvalue weighted by Gasteiger charge is 2.42. The van der Waals surface area contributed by atoms with Gasteiger partial charge in [0.1, 0.15) is 17.7 Å². The Morgan fingerprint density at radius 1 is 1.13 bits per heavy atom. The van der Waals surface area contributed by atoms with Crippen molar-refractivity contribution in [3.8, 4) is 5.75 Å². The molecule has 1 aliphatic heterocycles. The molecule has 0 unspecified atom stereocenters. The van der Waals surface area contributed by atoms with Crippen molar-refractivity contribution in [2.45, 2.75) is 71.1 Å². The van der Waals surface area contributed by atoms with E-state index in [9.17, 15) is 5.11 Å². The number of fused-ring (bicyclic) bond motifs is 1. The third-order valence-corrected chi connectivity index (χ3v) is 6.92. The van der Waals surface area contributed by atoms with Gasteiger partial charge in [0.25, 0.3) is 0 Å². The van der Waals surface area contributed by atoms with Crippen LogP contribution in [0.3, 0.4) is 0 Å². The van der Waals surface area contributed by atoms with Gasteiger partial charge in [0, 0.05) is 45.0 Å². The van der Waals surface area contributed by atoms with Gasteiger partial charge in [-0.2, -0.15) is 0 Å². The van der Waals surface area contributed by atoms with Crippen LogP contribution in [0.4, 0.5) is 0 Å². The summed E-state index contributed by atoms with van der Waals surface area (Å²) in [7, 11) is 0. The second-order valence-corrected chi connectivity index (χ2v) is 10.1. The molecule has 5 heteroatoms. The molecule has 1 N–H and O–H groups in total. The third kappa shape index (κ3) is 4.73. The fourth-order valence-electron chi connectivity index (χ4n) is 5.11. The lowest BCUT2D eigenvalue weighted by molar-refractivity contribution is -0.0232. The van der Waals surface area contributed by atoms with Gasteiger partial charge < -0.3 is 19.3 Å². The van der Waals surface area contributed by atoms with E-state index >= 15 is 0 Å². The lowest BCUT2D eigenvalue weighted by Crippen LogP contribution is -2.42. The topological polar surface area (TPSA) is 50.5 Å². The van der Waals surface area contributed by atoms with Crippen molar-refractivity contribution in [3.05, 3.63) is 48.0 Å². The Morgan fingerprint density at radius 2 is 1.90 bits per heavy atom. The van der Waals surface area contributed by atoms with Gasteiger partial charge in [0.2, 0.25) is 0 Å². The lowest BCUT2D eigenvalue weighted by Gasteiger charge is -2.35. The van der Waals surface area contributed by atoms with Crippen molar-refractivity contribution in [1.82, 2.24) is 14.5 Å². The van der Waals surface area contributed by atoms with Crippen LogP contribution in [0.2, 0.25) is 0 Å². The average molecular weight is 412 g/mol. The van der Waals surface area contributed by atoms with Gasteiger partial charge in [-0.3, -0.25) is 0 Å². The summed E-state index contributed by atoms with van der Waals surface area (Å²) in [5.41, 5.74) is 1.36. The maximum atomic E-state index is 10.8. The first kappa shape index (κ1) is 21.4. The van der Waals surface area contributed by atoms with E-state index in [0.29, 0.717) is 11.8 Å². The smallest absolute Gasteiger partial charge is 0.125 e. The van der Waals surface area contributed by atoms with Gasteiger partial charge in [0.15, 0.2) is 0 Å². The van der Waals surface area contributed by atoms with Gasteiger partial charge >= 0.3 is 0 Å². The summed E-state index contributed by atoms with van der Waals surface area (Å²) in [6, 6.07) is 8.37. The molecule has 0 amide bonds. The lowest BCUT2D eigenvalue weighted by atomic mass is 9.78. The minimum absolute atomic E-state index is 0.0917. The minimum Gasteiger partial charge on any atom is -0.488 e. The van der Waals surface area contributed by atoms with Gasteiger partial charge in [-0.25, -0.2) is 4.98 Å². The first-order valence-electron chi connectivity index (χ1n) is 11.5. The van der Waals surface area contributed by atoms with E-state index in [-0.39, 0.29) is 17.6 Å². The maximum absolute atomic E-state index is 10.8. The molecule has 2 heterocycles. The predicted molar refractivity (Wildman–Crippen MR) is 120 cm³/mol. The molecule has 1 saturated carbocycles. The first-order valence-corrected chi connectivity index (χ1v) is 11.5. The normalized spacial score (nSPS) is 27.2. The fraction of sp³-hybridized carbons (Fsp3) is 0.640.